The Kier molecular flexibility index (Phi) is 5.60. The van der Waals surface area contributed by atoms with E-state index in [1.54, 1.807) is 23.3 Å². The van der Waals surface area contributed by atoms with Gasteiger partial charge in [0.05, 0.1) is 33.4 Å². The highest BCUT2D eigenvalue weighted by atomic mass is 32.2. The van der Waals surface area contributed by atoms with E-state index < -0.39 is 21.6 Å². The minimum Gasteiger partial charge on any atom is -0.489 e. The van der Waals surface area contributed by atoms with E-state index in [1.165, 1.54) is 35.7 Å². The van der Waals surface area contributed by atoms with Gasteiger partial charge in [-0.25, -0.2) is 13.4 Å². The highest BCUT2D eigenvalue weighted by Gasteiger charge is 2.33. The third-order valence-electron chi connectivity index (χ3n) is 4.97. The molecule has 0 bridgehead atoms. The molecule has 166 valence electrons. The summed E-state index contributed by atoms with van der Waals surface area (Å²) in [5.41, 5.74) is -0.299. The van der Waals surface area contributed by atoms with Crippen LogP contribution in [0.1, 0.15) is 23.1 Å². The maximum atomic E-state index is 13.1. The number of halogens is 3. The average Bonchev–Trinajstić information content (AvgIpc) is 3.24. The van der Waals surface area contributed by atoms with Gasteiger partial charge in [0.2, 0.25) is 0 Å². The Bertz CT molecular complexity index is 1300. The van der Waals surface area contributed by atoms with Gasteiger partial charge >= 0.3 is 6.18 Å². The monoisotopic (exact) mass is 479 g/mol. The predicted molar refractivity (Wildman–Crippen MR) is 113 cm³/mol. The van der Waals surface area contributed by atoms with E-state index in [2.05, 4.69) is 4.98 Å². The van der Waals surface area contributed by atoms with Crippen molar-refractivity contribution in [2.45, 2.75) is 29.8 Å². The van der Waals surface area contributed by atoms with Crippen LogP contribution in [0.15, 0.2) is 52.9 Å². The highest BCUT2D eigenvalue weighted by Crippen LogP contribution is 2.43. The molecule has 0 fully saturated rings. The van der Waals surface area contributed by atoms with Crippen LogP contribution in [0.5, 0.6) is 5.75 Å². The molecule has 1 aliphatic heterocycles. The Balaban J connectivity index is 1.75. The normalized spacial score (nSPS) is 16.2. The molecule has 0 spiro atoms. The first-order valence-corrected chi connectivity index (χ1v) is 11.9. The summed E-state index contributed by atoms with van der Waals surface area (Å²) in [5, 5.41) is 11.6. The molecule has 32 heavy (non-hydrogen) atoms. The van der Waals surface area contributed by atoms with Crippen molar-refractivity contribution in [2.24, 2.45) is 0 Å². The van der Waals surface area contributed by atoms with Gasteiger partial charge in [-0.3, -0.25) is 0 Å². The van der Waals surface area contributed by atoms with Gasteiger partial charge in [-0.05, 0) is 37.3 Å². The number of ether oxygens (including phenoxy) is 1. The molecule has 4 rings (SSSR count). The smallest absolute Gasteiger partial charge is 0.416 e. The second-order valence-electron chi connectivity index (χ2n) is 7.19. The van der Waals surface area contributed by atoms with Crippen molar-refractivity contribution in [3.63, 3.8) is 0 Å². The number of fused-ring (bicyclic) bond motifs is 1. The van der Waals surface area contributed by atoms with Gasteiger partial charge in [-0.2, -0.15) is 18.4 Å². The zero-order chi connectivity index (χ0) is 23.1. The summed E-state index contributed by atoms with van der Waals surface area (Å²) in [6.45, 7) is 1.96. The number of nitriles is 1. The van der Waals surface area contributed by atoms with Crippen molar-refractivity contribution >= 4 is 32.5 Å². The summed E-state index contributed by atoms with van der Waals surface area (Å²) in [7, 11) is -3.68. The van der Waals surface area contributed by atoms with Gasteiger partial charge in [-0.15, -0.1) is 11.3 Å². The first-order valence-electron chi connectivity index (χ1n) is 9.39. The molecular formula is C21H16F3N3O3S2. The summed E-state index contributed by atoms with van der Waals surface area (Å²) in [5.74, 6) is 0.0215. The fraction of sp³-hybridized carbons (Fsp3) is 0.238. The van der Waals surface area contributed by atoms with Gasteiger partial charge in [0.15, 0.2) is 9.84 Å². The van der Waals surface area contributed by atoms with Crippen LogP contribution in [0.3, 0.4) is 0 Å². The van der Waals surface area contributed by atoms with E-state index >= 15 is 0 Å². The van der Waals surface area contributed by atoms with Crippen LogP contribution in [-0.4, -0.2) is 26.1 Å². The maximum Gasteiger partial charge on any atom is 0.416 e. The number of hydrogen-bond acceptors (Lipinski definition) is 7. The molecule has 2 heterocycles. The Labute approximate surface area is 186 Å². The molecule has 6 nitrogen and oxygen atoms in total. The van der Waals surface area contributed by atoms with Crippen LogP contribution in [0.2, 0.25) is 0 Å². The van der Waals surface area contributed by atoms with Crippen molar-refractivity contribution < 1.29 is 26.3 Å². The maximum absolute atomic E-state index is 13.1. The Morgan fingerprint density at radius 2 is 2.00 bits per heavy atom. The van der Waals surface area contributed by atoms with Crippen molar-refractivity contribution in [1.82, 2.24) is 4.98 Å². The van der Waals surface area contributed by atoms with Crippen LogP contribution in [0.4, 0.5) is 24.5 Å². The Morgan fingerprint density at radius 1 is 1.25 bits per heavy atom. The van der Waals surface area contributed by atoms with Crippen LogP contribution < -0.4 is 9.64 Å². The van der Waals surface area contributed by atoms with Crippen molar-refractivity contribution in [2.75, 3.05) is 11.5 Å². The molecule has 0 radical (unpaired) electrons. The third kappa shape index (κ3) is 4.16. The zero-order valence-electron chi connectivity index (χ0n) is 16.6. The van der Waals surface area contributed by atoms with Crippen molar-refractivity contribution in [1.29, 1.82) is 5.26 Å². The summed E-state index contributed by atoms with van der Waals surface area (Å²) < 4.78 is 70.5. The molecule has 2 aromatic carbocycles. The molecule has 0 aliphatic carbocycles. The number of nitrogens with zero attached hydrogens (tertiary/aromatic N) is 3. The summed E-state index contributed by atoms with van der Waals surface area (Å²) in [6, 6.07) is 8.87. The van der Waals surface area contributed by atoms with Crippen molar-refractivity contribution in [3.05, 3.63) is 64.1 Å². The molecule has 1 aliphatic rings. The van der Waals surface area contributed by atoms with Crippen molar-refractivity contribution in [3.8, 4) is 11.8 Å². The first-order chi connectivity index (χ1) is 15.1. The number of rotatable bonds is 4. The van der Waals surface area contributed by atoms with E-state index in [1.807, 2.05) is 6.07 Å². The number of aromatic nitrogens is 1. The molecule has 1 unspecified atom stereocenters. The fourth-order valence-corrected chi connectivity index (χ4v) is 5.74. The molecule has 0 saturated carbocycles. The third-order valence-corrected chi connectivity index (χ3v) is 7.56. The lowest BCUT2D eigenvalue weighted by Gasteiger charge is -2.37. The van der Waals surface area contributed by atoms with Gasteiger partial charge < -0.3 is 9.64 Å². The fourth-order valence-electron chi connectivity index (χ4n) is 3.47. The predicted octanol–water partition coefficient (Wildman–Crippen LogP) is 4.93. The second kappa shape index (κ2) is 8.11. The Morgan fingerprint density at radius 3 is 2.66 bits per heavy atom. The first kappa shape index (κ1) is 22.1. The van der Waals surface area contributed by atoms with Crippen LogP contribution in [0, 0.1) is 11.3 Å². The van der Waals surface area contributed by atoms with Gasteiger partial charge in [0.25, 0.3) is 0 Å². The van der Waals surface area contributed by atoms with Gasteiger partial charge in [0.1, 0.15) is 29.2 Å². The van der Waals surface area contributed by atoms with E-state index in [4.69, 9.17) is 4.74 Å². The summed E-state index contributed by atoms with van der Waals surface area (Å²) in [6.07, 6.45) is -3.04. The van der Waals surface area contributed by atoms with E-state index in [9.17, 15) is 26.9 Å². The number of anilines is 2. The minimum atomic E-state index is -4.57. The van der Waals surface area contributed by atoms with Crippen LogP contribution >= 0.6 is 11.3 Å². The Hall–Kier alpha value is -3.10. The standard InChI is InChI=1S/C21H16F3N3O3S2/c1-13-11-30-19-9-16(32(28,29)12-20-26-6-7-31-20)3-5-18(19)27(13)17-4-2-15(21(22,23)24)8-14(17)10-25/h2-9,13H,11-12H2,1H3. The average molecular weight is 480 g/mol. The van der Waals surface area contributed by atoms with Gasteiger partial charge in [-0.1, -0.05) is 0 Å². The molecule has 0 N–H and O–H groups in total. The lowest BCUT2D eigenvalue weighted by molar-refractivity contribution is -0.137. The number of sulfone groups is 1. The number of alkyl halides is 3. The van der Waals surface area contributed by atoms with Gasteiger partial charge in [0, 0.05) is 17.6 Å². The molecule has 3 aromatic rings. The number of benzene rings is 2. The molecular weight excluding hydrogens is 463 g/mol. The summed E-state index contributed by atoms with van der Waals surface area (Å²) >= 11 is 1.24. The quantitative estimate of drug-likeness (QED) is 0.528. The van der Waals surface area contributed by atoms with Crippen LogP contribution in [0.25, 0.3) is 0 Å². The number of thiazole rings is 1. The lowest BCUT2D eigenvalue weighted by Crippen LogP contribution is -2.38. The second-order valence-corrected chi connectivity index (χ2v) is 10.2. The van der Waals surface area contributed by atoms with E-state index in [0.29, 0.717) is 10.7 Å². The number of hydrogen-bond donors (Lipinski definition) is 0. The molecule has 0 saturated heterocycles. The topological polar surface area (TPSA) is 83.3 Å². The molecule has 1 aromatic heterocycles. The zero-order valence-corrected chi connectivity index (χ0v) is 18.3. The minimum absolute atomic E-state index is 0.0499. The van der Waals surface area contributed by atoms with Crippen LogP contribution in [-0.2, 0) is 21.8 Å². The molecule has 1 atom stereocenters. The highest BCUT2D eigenvalue weighted by molar-refractivity contribution is 7.90. The van der Waals surface area contributed by atoms with E-state index in [0.717, 1.165) is 12.1 Å². The lowest BCUT2D eigenvalue weighted by atomic mass is 10.0. The molecule has 0 amide bonds. The SMILES string of the molecule is CC1COc2cc(S(=O)(=O)Cc3nccs3)ccc2N1c1ccc(C(F)(F)F)cc1C#N. The summed E-state index contributed by atoms with van der Waals surface area (Å²) in [4.78, 5) is 5.75. The van der Waals surface area contributed by atoms with E-state index in [-0.39, 0.29) is 40.3 Å². The molecule has 11 heteroatoms. The largest absolute Gasteiger partial charge is 0.489 e.